The normalized spacial score (nSPS) is 11.1. The van der Waals surface area contributed by atoms with E-state index in [1.54, 1.807) is 12.1 Å². The number of amides is 1. The zero-order valence-electron chi connectivity index (χ0n) is 18.2. The van der Waals surface area contributed by atoms with Crippen molar-refractivity contribution < 1.29 is 13.9 Å². The Morgan fingerprint density at radius 2 is 1.87 bits per heavy atom. The van der Waals surface area contributed by atoms with Crippen LogP contribution in [0.15, 0.2) is 65.1 Å². The van der Waals surface area contributed by atoms with Crippen molar-refractivity contribution in [1.29, 1.82) is 0 Å². The molecule has 5 nitrogen and oxygen atoms in total. The molecule has 0 bridgehead atoms. The van der Waals surface area contributed by atoms with E-state index in [0.717, 1.165) is 5.56 Å². The molecule has 1 heterocycles. The molecule has 0 radical (unpaired) electrons. The van der Waals surface area contributed by atoms with Gasteiger partial charge in [-0.15, -0.1) is 0 Å². The molecule has 31 heavy (non-hydrogen) atoms. The Kier molecular flexibility index (Phi) is 5.76. The Morgan fingerprint density at radius 3 is 2.65 bits per heavy atom. The molecular formula is C26H26N2O3. The van der Waals surface area contributed by atoms with Crippen LogP contribution in [0.3, 0.4) is 0 Å². The smallest absolute Gasteiger partial charge is 0.255 e. The summed E-state index contributed by atoms with van der Waals surface area (Å²) in [6.45, 7) is 8.92. The second kappa shape index (κ2) is 8.64. The molecule has 0 saturated carbocycles. The van der Waals surface area contributed by atoms with E-state index in [1.165, 1.54) is 11.1 Å². The first-order valence-electron chi connectivity index (χ1n) is 10.4. The number of nitrogens with one attached hydrogen (secondary N) is 1. The lowest BCUT2D eigenvalue weighted by atomic mass is 10.1. The van der Waals surface area contributed by atoms with Gasteiger partial charge in [-0.3, -0.25) is 4.79 Å². The highest BCUT2D eigenvalue weighted by molar-refractivity contribution is 6.05. The van der Waals surface area contributed by atoms with E-state index in [1.807, 2.05) is 36.4 Å². The van der Waals surface area contributed by atoms with Gasteiger partial charge in [0, 0.05) is 16.8 Å². The number of aromatic nitrogens is 1. The maximum Gasteiger partial charge on any atom is 0.255 e. The molecule has 0 unspecified atom stereocenters. The predicted molar refractivity (Wildman–Crippen MR) is 124 cm³/mol. The molecule has 0 aliphatic carbocycles. The standard InChI is InChI=1S/C26H26N2O3/c1-16(2)15-30-22-7-5-6-19(13-22)25(29)27-21-10-11-24-23(14-21)28-26(31-24)20-9-8-17(3)18(4)12-20/h5-14,16H,15H2,1-4H3,(H,27,29). The van der Waals surface area contributed by atoms with Crippen molar-refractivity contribution in [3.05, 3.63) is 77.4 Å². The molecule has 4 rings (SSSR count). The second-order valence-electron chi connectivity index (χ2n) is 8.19. The molecule has 0 aliphatic rings. The number of ether oxygens (including phenoxy) is 1. The van der Waals surface area contributed by atoms with Gasteiger partial charge >= 0.3 is 0 Å². The van der Waals surface area contributed by atoms with Gasteiger partial charge in [0.1, 0.15) is 11.3 Å². The first-order chi connectivity index (χ1) is 14.9. The summed E-state index contributed by atoms with van der Waals surface area (Å²) in [5.41, 5.74) is 5.91. The first-order valence-corrected chi connectivity index (χ1v) is 10.4. The Balaban J connectivity index is 1.53. The summed E-state index contributed by atoms with van der Waals surface area (Å²) in [7, 11) is 0. The van der Waals surface area contributed by atoms with Gasteiger partial charge < -0.3 is 14.5 Å². The van der Waals surface area contributed by atoms with Crippen LogP contribution in [0.1, 0.15) is 35.3 Å². The third kappa shape index (κ3) is 4.77. The minimum atomic E-state index is -0.202. The summed E-state index contributed by atoms with van der Waals surface area (Å²) in [6.07, 6.45) is 0. The lowest BCUT2D eigenvalue weighted by Crippen LogP contribution is -2.12. The summed E-state index contributed by atoms with van der Waals surface area (Å²) in [4.78, 5) is 17.3. The Bertz CT molecular complexity index is 1240. The quantitative estimate of drug-likeness (QED) is 0.396. The number of hydrogen-bond acceptors (Lipinski definition) is 4. The summed E-state index contributed by atoms with van der Waals surface area (Å²) >= 11 is 0. The van der Waals surface area contributed by atoms with Gasteiger partial charge in [-0.25, -0.2) is 4.98 Å². The first kappa shape index (κ1) is 20.7. The third-order valence-corrected chi connectivity index (χ3v) is 5.08. The van der Waals surface area contributed by atoms with Crippen LogP contribution < -0.4 is 10.1 Å². The minimum absolute atomic E-state index is 0.202. The van der Waals surface area contributed by atoms with E-state index in [0.29, 0.717) is 46.5 Å². The number of fused-ring (bicyclic) bond motifs is 1. The van der Waals surface area contributed by atoms with Crippen molar-refractivity contribution in [3.8, 4) is 17.2 Å². The second-order valence-corrected chi connectivity index (χ2v) is 8.19. The van der Waals surface area contributed by atoms with Gasteiger partial charge in [0.15, 0.2) is 5.58 Å². The van der Waals surface area contributed by atoms with Crippen molar-refractivity contribution in [1.82, 2.24) is 4.98 Å². The molecule has 0 saturated heterocycles. The molecule has 1 N–H and O–H groups in total. The molecule has 0 fully saturated rings. The number of rotatable bonds is 6. The molecule has 5 heteroatoms. The third-order valence-electron chi connectivity index (χ3n) is 5.08. The Hall–Kier alpha value is -3.60. The molecular weight excluding hydrogens is 388 g/mol. The van der Waals surface area contributed by atoms with E-state index in [4.69, 9.17) is 9.15 Å². The Labute approximate surface area is 182 Å². The minimum Gasteiger partial charge on any atom is -0.493 e. The molecule has 0 spiro atoms. The fourth-order valence-corrected chi connectivity index (χ4v) is 3.20. The van der Waals surface area contributed by atoms with E-state index in [9.17, 15) is 4.79 Å². The zero-order valence-corrected chi connectivity index (χ0v) is 18.2. The van der Waals surface area contributed by atoms with Crippen molar-refractivity contribution in [2.24, 2.45) is 5.92 Å². The summed E-state index contributed by atoms with van der Waals surface area (Å²) in [5, 5.41) is 2.93. The molecule has 1 aromatic heterocycles. The van der Waals surface area contributed by atoms with Gasteiger partial charge in [0.05, 0.1) is 6.61 Å². The Morgan fingerprint density at radius 1 is 1.03 bits per heavy atom. The zero-order chi connectivity index (χ0) is 22.0. The number of aryl methyl sites for hydroxylation is 2. The van der Waals surface area contributed by atoms with Crippen LogP contribution in [-0.4, -0.2) is 17.5 Å². The highest BCUT2D eigenvalue weighted by Gasteiger charge is 2.12. The van der Waals surface area contributed by atoms with Gasteiger partial charge in [-0.1, -0.05) is 26.0 Å². The van der Waals surface area contributed by atoms with E-state index >= 15 is 0 Å². The number of oxazole rings is 1. The van der Waals surface area contributed by atoms with Crippen LogP contribution in [0.5, 0.6) is 5.75 Å². The van der Waals surface area contributed by atoms with Gasteiger partial charge in [-0.2, -0.15) is 0 Å². The van der Waals surface area contributed by atoms with Gasteiger partial charge in [-0.05, 0) is 79.4 Å². The number of benzene rings is 3. The van der Waals surface area contributed by atoms with E-state index in [-0.39, 0.29) is 5.91 Å². The van der Waals surface area contributed by atoms with Crippen molar-refractivity contribution in [3.63, 3.8) is 0 Å². The summed E-state index contributed by atoms with van der Waals surface area (Å²) in [5.74, 6) is 1.47. The summed E-state index contributed by atoms with van der Waals surface area (Å²) in [6, 6.07) is 18.8. The lowest BCUT2D eigenvalue weighted by molar-refractivity contribution is 0.102. The lowest BCUT2D eigenvalue weighted by Gasteiger charge is -2.10. The molecule has 0 aliphatic heterocycles. The average Bonchev–Trinajstić information content (AvgIpc) is 3.18. The fourth-order valence-electron chi connectivity index (χ4n) is 3.20. The predicted octanol–water partition coefficient (Wildman–Crippen LogP) is 6.40. The number of carbonyl (C=O) groups excluding carboxylic acids is 1. The fraction of sp³-hybridized carbons (Fsp3) is 0.231. The van der Waals surface area contributed by atoms with Crippen LogP contribution >= 0.6 is 0 Å². The van der Waals surface area contributed by atoms with Crippen LogP contribution in [-0.2, 0) is 0 Å². The van der Waals surface area contributed by atoms with Crippen molar-refractivity contribution in [2.75, 3.05) is 11.9 Å². The van der Waals surface area contributed by atoms with Gasteiger partial charge in [0.25, 0.3) is 5.91 Å². The number of hydrogen-bond donors (Lipinski definition) is 1. The van der Waals surface area contributed by atoms with Crippen LogP contribution in [0.25, 0.3) is 22.6 Å². The van der Waals surface area contributed by atoms with E-state index < -0.39 is 0 Å². The molecule has 0 atom stereocenters. The maximum absolute atomic E-state index is 12.7. The summed E-state index contributed by atoms with van der Waals surface area (Å²) < 4.78 is 11.6. The monoisotopic (exact) mass is 414 g/mol. The highest BCUT2D eigenvalue weighted by atomic mass is 16.5. The largest absolute Gasteiger partial charge is 0.493 e. The van der Waals surface area contributed by atoms with Crippen LogP contribution in [0, 0.1) is 19.8 Å². The van der Waals surface area contributed by atoms with Crippen molar-refractivity contribution >= 4 is 22.7 Å². The number of anilines is 1. The van der Waals surface area contributed by atoms with Crippen LogP contribution in [0.4, 0.5) is 5.69 Å². The van der Waals surface area contributed by atoms with Crippen LogP contribution in [0.2, 0.25) is 0 Å². The average molecular weight is 415 g/mol. The highest BCUT2D eigenvalue weighted by Crippen LogP contribution is 2.27. The maximum atomic E-state index is 12.7. The SMILES string of the molecule is Cc1ccc(-c2nc3cc(NC(=O)c4cccc(OCC(C)C)c4)ccc3o2)cc1C. The molecule has 3 aromatic carbocycles. The number of nitrogens with zero attached hydrogens (tertiary/aromatic N) is 1. The topological polar surface area (TPSA) is 64.4 Å². The van der Waals surface area contributed by atoms with Gasteiger partial charge in [0.2, 0.25) is 5.89 Å². The number of carbonyl (C=O) groups is 1. The van der Waals surface area contributed by atoms with E-state index in [2.05, 4.69) is 50.1 Å². The van der Waals surface area contributed by atoms with Crippen molar-refractivity contribution in [2.45, 2.75) is 27.7 Å². The molecule has 158 valence electrons. The molecule has 1 amide bonds. The molecule has 4 aromatic rings.